The first-order valence-corrected chi connectivity index (χ1v) is 7.40. The van der Waals surface area contributed by atoms with Gasteiger partial charge in [0.1, 0.15) is 18.1 Å². The summed E-state index contributed by atoms with van der Waals surface area (Å²) in [4.78, 5) is 0. The Morgan fingerprint density at radius 1 is 1.30 bits per heavy atom. The molecule has 0 fully saturated rings. The van der Waals surface area contributed by atoms with Crippen molar-refractivity contribution in [2.45, 2.75) is 19.0 Å². The van der Waals surface area contributed by atoms with E-state index in [0.717, 1.165) is 15.8 Å². The number of benzene rings is 2. The molecule has 3 nitrogen and oxygen atoms in total. The van der Waals surface area contributed by atoms with Crippen LogP contribution in [-0.2, 0) is 0 Å². The van der Waals surface area contributed by atoms with Crippen LogP contribution in [-0.4, -0.2) is 11.7 Å². The maximum Gasteiger partial charge on any atom is 0.127 e. The number of phenolic OH excluding ortho intramolecular Hbond substituents is 1. The maximum atomic E-state index is 9.47. The number of hydrogen-bond donors (Lipinski definition) is 2. The number of rotatable bonds is 3. The molecule has 0 spiro atoms. The third-order valence-electron chi connectivity index (χ3n) is 3.58. The Bertz CT molecular complexity index is 630. The minimum absolute atomic E-state index is 0.152. The Kier molecular flexibility index (Phi) is 3.68. The lowest BCUT2D eigenvalue weighted by Crippen LogP contribution is -2.25. The van der Waals surface area contributed by atoms with Crippen molar-refractivity contribution >= 4 is 15.9 Å². The normalized spacial score (nSPS) is 18.4. The second kappa shape index (κ2) is 5.46. The third-order valence-corrected chi connectivity index (χ3v) is 4.07. The Morgan fingerprint density at radius 2 is 2.15 bits per heavy atom. The van der Waals surface area contributed by atoms with Crippen LogP contribution in [0.1, 0.15) is 30.1 Å². The number of nitrogens with one attached hydrogen (secondary N) is 1. The monoisotopic (exact) mass is 333 g/mol. The molecule has 0 aliphatic carbocycles. The average Bonchev–Trinajstić information content (AvgIpc) is 2.81. The van der Waals surface area contributed by atoms with Crippen LogP contribution in [0.15, 0.2) is 46.9 Å². The highest BCUT2D eigenvalue weighted by Crippen LogP contribution is 2.36. The zero-order valence-electron chi connectivity index (χ0n) is 11.1. The summed E-state index contributed by atoms with van der Waals surface area (Å²) in [7, 11) is 0. The highest BCUT2D eigenvalue weighted by atomic mass is 79.9. The SMILES string of the molecule is CC(NC1COc2cc(O)ccc21)c1cccc(Br)c1. The molecule has 1 heterocycles. The molecule has 104 valence electrons. The molecule has 1 aliphatic heterocycles. The van der Waals surface area contributed by atoms with Crippen LogP contribution < -0.4 is 10.1 Å². The summed E-state index contributed by atoms with van der Waals surface area (Å²) >= 11 is 3.50. The molecule has 0 amide bonds. The lowest BCUT2D eigenvalue weighted by molar-refractivity contribution is 0.300. The van der Waals surface area contributed by atoms with Crippen molar-refractivity contribution in [3.05, 3.63) is 58.1 Å². The lowest BCUT2D eigenvalue weighted by Gasteiger charge is -2.19. The van der Waals surface area contributed by atoms with E-state index in [-0.39, 0.29) is 17.8 Å². The van der Waals surface area contributed by atoms with Gasteiger partial charge in [0, 0.05) is 22.1 Å². The van der Waals surface area contributed by atoms with E-state index >= 15 is 0 Å². The van der Waals surface area contributed by atoms with E-state index in [1.807, 2.05) is 18.2 Å². The maximum absolute atomic E-state index is 9.47. The lowest BCUT2D eigenvalue weighted by atomic mass is 10.0. The van der Waals surface area contributed by atoms with Crippen LogP contribution in [0.3, 0.4) is 0 Å². The van der Waals surface area contributed by atoms with Gasteiger partial charge in [0.25, 0.3) is 0 Å². The van der Waals surface area contributed by atoms with Gasteiger partial charge in [0.05, 0.1) is 6.04 Å². The minimum atomic E-state index is 0.152. The molecule has 0 radical (unpaired) electrons. The molecule has 4 heteroatoms. The zero-order chi connectivity index (χ0) is 14.1. The van der Waals surface area contributed by atoms with Crippen molar-refractivity contribution in [1.29, 1.82) is 0 Å². The quantitative estimate of drug-likeness (QED) is 0.893. The van der Waals surface area contributed by atoms with Gasteiger partial charge in [-0.2, -0.15) is 0 Å². The topological polar surface area (TPSA) is 41.5 Å². The van der Waals surface area contributed by atoms with Gasteiger partial charge in [-0.3, -0.25) is 0 Å². The number of hydrogen-bond acceptors (Lipinski definition) is 3. The summed E-state index contributed by atoms with van der Waals surface area (Å²) in [6, 6.07) is 13.9. The summed E-state index contributed by atoms with van der Waals surface area (Å²) in [6.07, 6.45) is 0. The second-order valence-electron chi connectivity index (χ2n) is 5.03. The highest BCUT2D eigenvalue weighted by Gasteiger charge is 2.25. The van der Waals surface area contributed by atoms with Gasteiger partial charge < -0.3 is 15.2 Å². The van der Waals surface area contributed by atoms with Crippen LogP contribution in [0.5, 0.6) is 11.5 Å². The molecule has 20 heavy (non-hydrogen) atoms. The van der Waals surface area contributed by atoms with Gasteiger partial charge >= 0.3 is 0 Å². The largest absolute Gasteiger partial charge is 0.508 e. The van der Waals surface area contributed by atoms with E-state index in [2.05, 4.69) is 40.3 Å². The Hall–Kier alpha value is -1.52. The van der Waals surface area contributed by atoms with Crippen LogP contribution >= 0.6 is 15.9 Å². The molecule has 2 aromatic rings. The predicted molar refractivity (Wildman–Crippen MR) is 82.0 cm³/mol. The predicted octanol–water partition coefficient (Wildman–Crippen LogP) is 3.94. The molecular formula is C16H16BrNO2. The molecular weight excluding hydrogens is 318 g/mol. The van der Waals surface area contributed by atoms with Crippen LogP contribution in [0.2, 0.25) is 0 Å². The molecule has 2 unspecified atom stereocenters. The van der Waals surface area contributed by atoms with Gasteiger partial charge in [0.15, 0.2) is 0 Å². The second-order valence-corrected chi connectivity index (χ2v) is 5.94. The first-order chi connectivity index (χ1) is 9.63. The van der Waals surface area contributed by atoms with Gasteiger partial charge in [-0.05, 0) is 36.8 Å². The van der Waals surface area contributed by atoms with Crippen molar-refractivity contribution in [2.24, 2.45) is 0 Å². The molecule has 0 bridgehead atoms. The highest BCUT2D eigenvalue weighted by molar-refractivity contribution is 9.10. The third kappa shape index (κ3) is 2.67. The van der Waals surface area contributed by atoms with Crippen molar-refractivity contribution in [1.82, 2.24) is 5.32 Å². The van der Waals surface area contributed by atoms with Gasteiger partial charge in [-0.1, -0.05) is 28.1 Å². The van der Waals surface area contributed by atoms with E-state index in [0.29, 0.717) is 6.61 Å². The Balaban J connectivity index is 1.77. The summed E-state index contributed by atoms with van der Waals surface area (Å²) in [5, 5.41) is 13.0. The zero-order valence-corrected chi connectivity index (χ0v) is 12.7. The van der Waals surface area contributed by atoms with E-state index < -0.39 is 0 Å². The molecule has 1 aliphatic rings. The molecule has 2 N–H and O–H groups in total. The summed E-state index contributed by atoms with van der Waals surface area (Å²) < 4.78 is 6.70. The van der Waals surface area contributed by atoms with Crippen LogP contribution in [0.4, 0.5) is 0 Å². The first-order valence-electron chi connectivity index (χ1n) is 6.61. The number of halogens is 1. The molecule has 3 rings (SSSR count). The van der Waals surface area contributed by atoms with Gasteiger partial charge in [-0.25, -0.2) is 0 Å². The van der Waals surface area contributed by atoms with Crippen molar-refractivity contribution in [2.75, 3.05) is 6.61 Å². The van der Waals surface area contributed by atoms with Gasteiger partial charge in [-0.15, -0.1) is 0 Å². The molecule has 0 saturated heterocycles. The summed E-state index contributed by atoms with van der Waals surface area (Å²) in [6.45, 7) is 2.73. The fourth-order valence-corrected chi connectivity index (χ4v) is 2.93. The smallest absolute Gasteiger partial charge is 0.127 e. The number of phenols is 1. The molecule has 0 saturated carbocycles. The summed E-state index contributed by atoms with van der Waals surface area (Å²) in [5.41, 5.74) is 2.33. The Morgan fingerprint density at radius 3 is 2.95 bits per heavy atom. The number of aromatic hydroxyl groups is 1. The standard InChI is InChI=1S/C16H16BrNO2/c1-10(11-3-2-4-12(17)7-11)18-15-9-20-16-8-13(19)5-6-14(15)16/h2-8,10,15,18-19H,9H2,1H3. The average molecular weight is 334 g/mol. The van der Waals surface area contributed by atoms with Crippen molar-refractivity contribution in [3.63, 3.8) is 0 Å². The van der Waals surface area contributed by atoms with E-state index in [1.165, 1.54) is 5.56 Å². The number of fused-ring (bicyclic) bond motifs is 1. The van der Waals surface area contributed by atoms with Gasteiger partial charge in [0.2, 0.25) is 0 Å². The fourth-order valence-electron chi connectivity index (χ4n) is 2.51. The first kappa shape index (κ1) is 13.5. The van der Waals surface area contributed by atoms with E-state index in [1.54, 1.807) is 12.1 Å². The number of ether oxygens (including phenoxy) is 1. The molecule has 2 atom stereocenters. The van der Waals surface area contributed by atoms with Crippen LogP contribution in [0.25, 0.3) is 0 Å². The van der Waals surface area contributed by atoms with Crippen LogP contribution in [0, 0.1) is 0 Å². The van der Waals surface area contributed by atoms with E-state index in [4.69, 9.17) is 4.74 Å². The Labute approximate surface area is 126 Å². The fraction of sp³-hybridized carbons (Fsp3) is 0.250. The minimum Gasteiger partial charge on any atom is -0.508 e. The summed E-state index contributed by atoms with van der Waals surface area (Å²) in [5.74, 6) is 1.01. The van der Waals surface area contributed by atoms with E-state index in [9.17, 15) is 5.11 Å². The van der Waals surface area contributed by atoms with Crippen molar-refractivity contribution in [3.8, 4) is 11.5 Å². The molecule has 2 aromatic carbocycles. The molecule has 0 aromatic heterocycles. The van der Waals surface area contributed by atoms with Crippen molar-refractivity contribution < 1.29 is 9.84 Å².